The van der Waals surface area contributed by atoms with E-state index in [9.17, 15) is 10.1 Å². The Bertz CT molecular complexity index is 194. The molecular formula is C6H15N4O2+. The molecule has 0 radical (unpaired) electrons. The van der Waals surface area contributed by atoms with Crippen molar-refractivity contribution in [3.8, 4) is 0 Å². The van der Waals surface area contributed by atoms with Crippen molar-refractivity contribution in [1.29, 1.82) is 0 Å². The fraction of sp³-hybridized carbons (Fsp3) is 0.833. The maximum atomic E-state index is 10.0. The molecule has 0 aliphatic heterocycles. The Morgan fingerprint density at radius 1 is 1.50 bits per heavy atom. The average Bonchev–Trinajstić information content (AvgIpc) is 1.82. The van der Waals surface area contributed by atoms with E-state index in [2.05, 4.69) is 10.3 Å². The van der Waals surface area contributed by atoms with E-state index in [-0.39, 0.29) is 11.5 Å². The minimum Gasteiger partial charge on any atom is -0.276 e. The van der Waals surface area contributed by atoms with Gasteiger partial charge in [-0.15, -0.1) is 0 Å². The SMILES string of the molecule is C[NH+]=C(N[N+](=O)[O-])NC(C)(C)C. The third-order valence-corrected chi connectivity index (χ3v) is 0.953. The van der Waals surface area contributed by atoms with Gasteiger partial charge in [0.1, 0.15) is 0 Å². The maximum Gasteiger partial charge on any atom is 0.406 e. The molecule has 0 heterocycles. The van der Waals surface area contributed by atoms with Crippen molar-refractivity contribution in [1.82, 2.24) is 10.7 Å². The fourth-order valence-electron chi connectivity index (χ4n) is 0.613. The van der Waals surface area contributed by atoms with Crippen LogP contribution in [-0.2, 0) is 0 Å². The molecule has 0 unspecified atom stereocenters. The molecule has 0 amide bonds. The molecule has 3 N–H and O–H groups in total. The van der Waals surface area contributed by atoms with Crippen LogP contribution in [0, 0.1) is 10.1 Å². The Kier molecular flexibility index (Phi) is 3.46. The van der Waals surface area contributed by atoms with Gasteiger partial charge in [0.2, 0.25) is 5.03 Å². The number of nitrogens with one attached hydrogen (secondary N) is 3. The highest BCUT2D eigenvalue weighted by Gasteiger charge is 2.20. The molecule has 0 rings (SSSR count). The molecule has 0 saturated carbocycles. The lowest BCUT2D eigenvalue weighted by molar-refractivity contribution is -0.542. The Labute approximate surface area is 71.2 Å². The normalized spacial score (nSPS) is 12.5. The standard InChI is InChI=1S/C6H14N4O2/c1-6(2,3)8-5(7-4)9-10(11)12/h1-4H3,(H2,7,8,9)/p+1. The molecule has 0 spiro atoms. The zero-order valence-electron chi connectivity index (χ0n) is 7.76. The van der Waals surface area contributed by atoms with Crippen molar-refractivity contribution in [2.45, 2.75) is 26.3 Å². The van der Waals surface area contributed by atoms with Crippen molar-refractivity contribution < 1.29 is 10.0 Å². The van der Waals surface area contributed by atoms with Crippen LogP contribution in [0.3, 0.4) is 0 Å². The van der Waals surface area contributed by atoms with Crippen molar-refractivity contribution in [3.63, 3.8) is 0 Å². The smallest absolute Gasteiger partial charge is 0.276 e. The van der Waals surface area contributed by atoms with Gasteiger partial charge in [-0.2, -0.15) is 0 Å². The molecule has 6 heteroatoms. The van der Waals surface area contributed by atoms with Crippen LogP contribution in [0.2, 0.25) is 0 Å². The summed E-state index contributed by atoms with van der Waals surface area (Å²) in [5.41, 5.74) is 1.80. The van der Waals surface area contributed by atoms with Crippen molar-refractivity contribution >= 4 is 5.96 Å². The summed E-state index contributed by atoms with van der Waals surface area (Å²) in [4.78, 5) is 12.7. The van der Waals surface area contributed by atoms with Crippen molar-refractivity contribution in [2.75, 3.05) is 7.05 Å². The van der Waals surface area contributed by atoms with E-state index in [4.69, 9.17) is 0 Å². The highest BCUT2D eigenvalue weighted by molar-refractivity contribution is 5.73. The lowest BCUT2D eigenvalue weighted by Gasteiger charge is -2.15. The summed E-state index contributed by atoms with van der Waals surface area (Å²) in [6.07, 6.45) is 0. The Morgan fingerprint density at radius 3 is 2.25 bits per heavy atom. The highest BCUT2D eigenvalue weighted by Crippen LogP contribution is 1.95. The van der Waals surface area contributed by atoms with Gasteiger partial charge in [-0.05, 0) is 20.8 Å². The fourth-order valence-corrected chi connectivity index (χ4v) is 0.613. The van der Waals surface area contributed by atoms with Crippen LogP contribution >= 0.6 is 0 Å². The monoisotopic (exact) mass is 175 g/mol. The van der Waals surface area contributed by atoms with Crippen LogP contribution in [0.4, 0.5) is 0 Å². The molecule has 0 aliphatic rings. The zero-order valence-corrected chi connectivity index (χ0v) is 7.76. The minimum atomic E-state index is -0.620. The van der Waals surface area contributed by atoms with Gasteiger partial charge >= 0.3 is 5.96 Å². The number of nitrogens with zero attached hydrogens (tertiary/aromatic N) is 1. The first-order valence-corrected chi connectivity index (χ1v) is 3.59. The number of guanidine groups is 1. The first-order valence-electron chi connectivity index (χ1n) is 3.59. The summed E-state index contributed by atoms with van der Waals surface area (Å²) in [6.45, 7) is 5.73. The highest BCUT2D eigenvalue weighted by atomic mass is 16.7. The van der Waals surface area contributed by atoms with E-state index in [1.807, 2.05) is 26.2 Å². The predicted molar refractivity (Wildman–Crippen MR) is 44.9 cm³/mol. The zero-order chi connectivity index (χ0) is 9.78. The number of rotatable bonds is 1. The molecule has 0 aromatic heterocycles. The number of hydrazine groups is 1. The third-order valence-electron chi connectivity index (χ3n) is 0.953. The van der Waals surface area contributed by atoms with Crippen LogP contribution in [0.5, 0.6) is 0 Å². The van der Waals surface area contributed by atoms with Crippen molar-refractivity contribution in [2.24, 2.45) is 0 Å². The number of hydrogen-bond donors (Lipinski definition) is 3. The van der Waals surface area contributed by atoms with Gasteiger partial charge in [0.05, 0.1) is 12.6 Å². The summed E-state index contributed by atoms with van der Waals surface area (Å²) in [5, 5.41) is 12.3. The van der Waals surface area contributed by atoms with Crippen LogP contribution in [0.25, 0.3) is 0 Å². The van der Waals surface area contributed by atoms with Gasteiger partial charge in [0, 0.05) is 5.43 Å². The number of hydrogen-bond acceptors (Lipinski definition) is 2. The van der Waals surface area contributed by atoms with Crippen LogP contribution in [0.15, 0.2) is 0 Å². The van der Waals surface area contributed by atoms with Crippen LogP contribution in [0.1, 0.15) is 20.8 Å². The Morgan fingerprint density at radius 2 is 2.00 bits per heavy atom. The van der Waals surface area contributed by atoms with Gasteiger partial charge in [0.25, 0.3) is 0 Å². The molecule has 0 saturated heterocycles. The first-order chi connectivity index (χ1) is 5.35. The summed E-state index contributed by atoms with van der Waals surface area (Å²) in [7, 11) is 1.60. The quantitative estimate of drug-likeness (QED) is 0.190. The van der Waals surface area contributed by atoms with Gasteiger partial charge in [-0.3, -0.25) is 10.3 Å². The second-order valence-corrected chi connectivity index (χ2v) is 3.37. The molecule has 0 aromatic rings. The number of nitro groups is 1. The van der Waals surface area contributed by atoms with Gasteiger partial charge in [-0.25, -0.2) is 10.1 Å². The van der Waals surface area contributed by atoms with Crippen LogP contribution in [-0.4, -0.2) is 23.6 Å². The Hall–Kier alpha value is -1.33. The summed E-state index contributed by atoms with van der Waals surface area (Å²) >= 11 is 0. The molecule has 70 valence electrons. The molecular weight excluding hydrogens is 160 g/mol. The molecule has 0 atom stereocenters. The van der Waals surface area contributed by atoms with E-state index < -0.39 is 5.03 Å². The first kappa shape index (κ1) is 10.7. The summed E-state index contributed by atoms with van der Waals surface area (Å²) < 4.78 is 0. The van der Waals surface area contributed by atoms with E-state index in [1.165, 1.54) is 0 Å². The van der Waals surface area contributed by atoms with Gasteiger partial charge < -0.3 is 0 Å². The topological polar surface area (TPSA) is 81.2 Å². The molecule has 0 aliphatic carbocycles. The Balaban J connectivity index is 4.12. The second-order valence-electron chi connectivity index (χ2n) is 3.37. The van der Waals surface area contributed by atoms with E-state index in [0.29, 0.717) is 0 Å². The average molecular weight is 175 g/mol. The van der Waals surface area contributed by atoms with Crippen molar-refractivity contribution in [3.05, 3.63) is 10.1 Å². The summed E-state index contributed by atoms with van der Waals surface area (Å²) in [6, 6.07) is 0. The molecule has 0 bridgehead atoms. The van der Waals surface area contributed by atoms with Gasteiger partial charge in [-0.1, -0.05) is 0 Å². The molecule has 12 heavy (non-hydrogen) atoms. The third kappa shape index (κ3) is 5.45. The maximum absolute atomic E-state index is 10.0. The van der Waals surface area contributed by atoms with Gasteiger partial charge in [0.15, 0.2) is 0 Å². The predicted octanol–water partition coefficient (Wildman–Crippen LogP) is -1.78. The molecule has 6 nitrogen and oxygen atoms in total. The molecule has 0 fully saturated rings. The summed E-state index contributed by atoms with van der Waals surface area (Å²) in [5.74, 6) is 0.285. The van der Waals surface area contributed by atoms with E-state index in [0.717, 1.165) is 0 Å². The molecule has 0 aromatic carbocycles. The lowest BCUT2D eigenvalue weighted by Crippen LogP contribution is -2.77. The van der Waals surface area contributed by atoms with E-state index in [1.54, 1.807) is 7.05 Å². The van der Waals surface area contributed by atoms with E-state index >= 15 is 0 Å². The lowest BCUT2D eigenvalue weighted by atomic mass is 10.1. The van der Waals surface area contributed by atoms with Crippen LogP contribution < -0.4 is 15.7 Å². The minimum absolute atomic E-state index is 0.207. The largest absolute Gasteiger partial charge is 0.406 e. The second kappa shape index (κ2) is 3.89.